The van der Waals surface area contributed by atoms with Crippen LogP contribution in [0.1, 0.15) is 55.9 Å². The summed E-state index contributed by atoms with van der Waals surface area (Å²) in [6.07, 6.45) is 3.81. The van der Waals surface area contributed by atoms with Crippen LogP contribution in [0.4, 0.5) is 4.39 Å². The van der Waals surface area contributed by atoms with E-state index < -0.39 is 0 Å². The quantitative estimate of drug-likeness (QED) is 0.832. The van der Waals surface area contributed by atoms with E-state index in [0.717, 1.165) is 23.6 Å². The highest BCUT2D eigenvalue weighted by Crippen LogP contribution is 2.38. The van der Waals surface area contributed by atoms with Gasteiger partial charge in [0.15, 0.2) is 5.82 Å². The maximum atomic E-state index is 13.7. The first-order chi connectivity index (χ1) is 9.65. The lowest BCUT2D eigenvalue weighted by molar-refractivity contribution is 0.499. The SMILES string of the molecule is CC(C)n1nc(C2CC2)nc1CCc1ccccc1F. The molecule has 0 spiro atoms. The Morgan fingerprint density at radius 1 is 1.25 bits per heavy atom. The molecule has 1 saturated carbocycles. The molecule has 0 amide bonds. The van der Waals surface area contributed by atoms with Crippen LogP contribution in [0.5, 0.6) is 0 Å². The van der Waals surface area contributed by atoms with E-state index in [9.17, 15) is 4.39 Å². The topological polar surface area (TPSA) is 30.7 Å². The van der Waals surface area contributed by atoms with Gasteiger partial charge >= 0.3 is 0 Å². The van der Waals surface area contributed by atoms with Gasteiger partial charge in [0.05, 0.1) is 0 Å². The van der Waals surface area contributed by atoms with Crippen molar-refractivity contribution in [1.82, 2.24) is 14.8 Å². The van der Waals surface area contributed by atoms with Crippen molar-refractivity contribution in [2.75, 3.05) is 0 Å². The smallest absolute Gasteiger partial charge is 0.154 e. The summed E-state index contributed by atoms with van der Waals surface area (Å²) in [7, 11) is 0. The van der Waals surface area contributed by atoms with Crippen LogP contribution in [-0.4, -0.2) is 14.8 Å². The van der Waals surface area contributed by atoms with E-state index in [2.05, 4.69) is 23.9 Å². The minimum Gasteiger partial charge on any atom is -0.247 e. The van der Waals surface area contributed by atoms with Gasteiger partial charge in [0.1, 0.15) is 11.6 Å². The van der Waals surface area contributed by atoms with Crippen molar-refractivity contribution in [3.63, 3.8) is 0 Å². The van der Waals surface area contributed by atoms with Crippen LogP contribution in [0.2, 0.25) is 0 Å². The predicted molar refractivity (Wildman–Crippen MR) is 76.2 cm³/mol. The lowest BCUT2D eigenvalue weighted by Crippen LogP contribution is -2.09. The molecule has 0 bridgehead atoms. The lowest BCUT2D eigenvalue weighted by Gasteiger charge is -2.09. The summed E-state index contributed by atoms with van der Waals surface area (Å²) < 4.78 is 15.6. The van der Waals surface area contributed by atoms with Crippen molar-refractivity contribution >= 4 is 0 Å². The standard InChI is InChI=1S/C16H20FN3/c1-11(2)20-15(18-16(19-20)13-7-8-13)10-9-12-5-3-4-6-14(12)17/h3-6,11,13H,7-10H2,1-2H3. The highest BCUT2D eigenvalue weighted by Gasteiger charge is 2.29. The molecule has 0 radical (unpaired) electrons. The number of aromatic nitrogens is 3. The van der Waals surface area contributed by atoms with Gasteiger partial charge in [-0.2, -0.15) is 5.10 Å². The highest BCUT2D eigenvalue weighted by atomic mass is 19.1. The van der Waals surface area contributed by atoms with Gasteiger partial charge in [0.25, 0.3) is 0 Å². The van der Waals surface area contributed by atoms with Crippen LogP contribution in [-0.2, 0) is 12.8 Å². The first-order valence-electron chi connectivity index (χ1n) is 7.34. The fourth-order valence-electron chi connectivity index (χ4n) is 2.42. The van der Waals surface area contributed by atoms with Crippen molar-refractivity contribution < 1.29 is 4.39 Å². The Bertz CT molecular complexity index is 600. The number of halogens is 1. The van der Waals surface area contributed by atoms with Crippen molar-refractivity contribution in [1.29, 1.82) is 0 Å². The van der Waals surface area contributed by atoms with Gasteiger partial charge in [-0.3, -0.25) is 0 Å². The minimum absolute atomic E-state index is 0.134. The van der Waals surface area contributed by atoms with Crippen molar-refractivity contribution in [2.24, 2.45) is 0 Å². The fourth-order valence-corrected chi connectivity index (χ4v) is 2.42. The molecule has 1 heterocycles. The summed E-state index contributed by atoms with van der Waals surface area (Å²) in [5.74, 6) is 2.38. The number of hydrogen-bond acceptors (Lipinski definition) is 2. The average Bonchev–Trinajstić information content (AvgIpc) is 3.18. The monoisotopic (exact) mass is 273 g/mol. The molecular weight excluding hydrogens is 253 g/mol. The molecule has 106 valence electrons. The third-order valence-electron chi connectivity index (χ3n) is 3.73. The molecule has 0 N–H and O–H groups in total. The first-order valence-corrected chi connectivity index (χ1v) is 7.34. The zero-order valence-electron chi connectivity index (χ0n) is 12.0. The Morgan fingerprint density at radius 3 is 2.65 bits per heavy atom. The number of hydrogen-bond donors (Lipinski definition) is 0. The molecule has 1 aliphatic carbocycles. The van der Waals surface area contributed by atoms with E-state index in [1.54, 1.807) is 6.07 Å². The Balaban J connectivity index is 1.77. The van der Waals surface area contributed by atoms with Crippen LogP contribution < -0.4 is 0 Å². The van der Waals surface area contributed by atoms with Gasteiger partial charge in [-0.1, -0.05) is 18.2 Å². The summed E-state index contributed by atoms with van der Waals surface area (Å²) in [6, 6.07) is 7.25. The summed E-state index contributed by atoms with van der Waals surface area (Å²) in [5.41, 5.74) is 0.749. The Kier molecular flexibility index (Phi) is 3.55. The van der Waals surface area contributed by atoms with Crippen LogP contribution in [0.25, 0.3) is 0 Å². The summed E-state index contributed by atoms with van der Waals surface area (Å²) in [5, 5.41) is 4.62. The lowest BCUT2D eigenvalue weighted by atomic mass is 10.1. The second-order valence-corrected chi connectivity index (χ2v) is 5.79. The van der Waals surface area contributed by atoms with Gasteiger partial charge in [-0.05, 0) is 44.7 Å². The molecule has 1 aromatic heterocycles. The molecule has 0 unspecified atom stereocenters. The molecular formula is C16H20FN3. The van der Waals surface area contributed by atoms with Crippen LogP contribution in [0, 0.1) is 5.82 Å². The van der Waals surface area contributed by atoms with E-state index in [-0.39, 0.29) is 5.82 Å². The highest BCUT2D eigenvalue weighted by molar-refractivity contribution is 5.18. The largest absolute Gasteiger partial charge is 0.247 e. The van der Waals surface area contributed by atoms with Crippen LogP contribution in [0.15, 0.2) is 24.3 Å². The molecule has 3 nitrogen and oxygen atoms in total. The Labute approximate surface area is 118 Å². The number of rotatable bonds is 5. The van der Waals surface area contributed by atoms with Gasteiger partial charge < -0.3 is 0 Å². The molecule has 0 atom stereocenters. The summed E-state index contributed by atoms with van der Waals surface area (Å²) in [4.78, 5) is 4.67. The molecule has 1 aromatic carbocycles. The van der Waals surface area contributed by atoms with Gasteiger partial charge in [-0.15, -0.1) is 0 Å². The Hall–Kier alpha value is -1.71. The average molecular weight is 273 g/mol. The molecule has 1 aliphatic rings. The third-order valence-corrected chi connectivity index (χ3v) is 3.73. The molecule has 2 aromatic rings. The normalized spacial score (nSPS) is 15.0. The fraction of sp³-hybridized carbons (Fsp3) is 0.500. The maximum Gasteiger partial charge on any atom is 0.154 e. The second-order valence-electron chi connectivity index (χ2n) is 5.79. The van der Waals surface area contributed by atoms with Crippen molar-refractivity contribution in [2.45, 2.75) is 51.5 Å². The number of benzene rings is 1. The maximum absolute atomic E-state index is 13.7. The predicted octanol–water partition coefficient (Wildman–Crippen LogP) is 3.66. The number of aryl methyl sites for hydroxylation is 2. The molecule has 3 rings (SSSR count). The molecule has 20 heavy (non-hydrogen) atoms. The zero-order valence-corrected chi connectivity index (χ0v) is 12.0. The zero-order chi connectivity index (χ0) is 14.1. The summed E-state index contributed by atoms with van der Waals surface area (Å²) in [6.45, 7) is 4.22. The van der Waals surface area contributed by atoms with E-state index in [1.807, 2.05) is 16.8 Å². The van der Waals surface area contributed by atoms with Crippen molar-refractivity contribution in [3.8, 4) is 0 Å². The second kappa shape index (κ2) is 5.35. The van der Waals surface area contributed by atoms with Gasteiger partial charge in [-0.25, -0.2) is 14.1 Å². The molecule has 1 fully saturated rings. The molecule has 4 heteroatoms. The molecule has 0 aliphatic heterocycles. The van der Waals surface area contributed by atoms with Gasteiger partial charge in [0.2, 0.25) is 0 Å². The summed E-state index contributed by atoms with van der Waals surface area (Å²) >= 11 is 0. The minimum atomic E-state index is -0.134. The number of nitrogens with zero attached hydrogens (tertiary/aromatic N) is 3. The first kappa shape index (κ1) is 13.3. The van der Waals surface area contributed by atoms with E-state index in [4.69, 9.17) is 0 Å². The van der Waals surface area contributed by atoms with E-state index in [1.165, 1.54) is 18.9 Å². The van der Waals surface area contributed by atoms with Gasteiger partial charge in [0, 0.05) is 18.4 Å². The van der Waals surface area contributed by atoms with E-state index in [0.29, 0.717) is 18.4 Å². The third kappa shape index (κ3) is 2.74. The van der Waals surface area contributed by atoms with Crippen LogP contribution >= 0.6 is 0 Å². The molecule has 0 saturated heterocycles. The van der Waals surface area contributed by atoms with Crippen molar-refractivity contribution in [3.05, 3.63) is 47.3 Å². The Morgan fingerprint density at radius 2 is 2.00 bits per heavy atom. The van der Waals surface area contributed by atoms with Crippen LogP contribution in [0.3, 0.4) is 0 Å². The van der Waals surface area contributed by atoms with E-state index >= 15 is 0 Å².